The number of amides is 2. The number of carboxylic acids is 1. The molecule has 8 nitrogen and oxygen atoms in total. The molecule has 2 heterocycles. The molecule has 0 unspecified atom stereocenters. The standard InChI is InChI=1S/C19H20N2O6/c1-26-16-5-4-12(7-15(16)19(24)25)9-20-18(23)13-8-17(22)21(10-13)11-14-3-2-6-27-14/h2-7,13H,8-11H2,1H3,(H,20,23)(H,24,25)/t13-/m1/s1. The monoisotopic (exact) mass is 372 g/mol. The van der Waals surface area contributed by atoms with E-state index < -0.39 is 11.9 Å². The van der Waals surface area contributed by atoms with Gasteiger partial charge < -0.3 is 24.5 Å². The summed E-state index contributed by atoms with van der Waals surface area (Å²) in [5, 5.41) is 12.0. The van der Waals surface area contributed by atoms with Gasteiger partial charge in [-0.25, -0.2) is 4.79 Å². The van der Waals surface area contributed by atoms with Crippen LogP contribution in [0.5, 0.6) is 5.75 Å². The van der Waals surface area contributed by atoms with E-state index in [0.717, 1.165) is 0 Å². The molecule has 2 amide bonds. The molecular formula is C19H20N2O6. The van der Waals surface area contributed by atoms with Crippen LogP contribution in [0.15, 0.2) is 41.0 Å². The van der Waals surface area contributed by atoms with Crippen LogP contribution < -0.4 is 10.1 Å². The predicted octanol–water partition coefficient (Wildman–Crippen LogP) is 1.65. The first-order chi connectivity index (χ1) is 13.0. The number of carboxylic acid groups (broad SMARTS) is 1. The Morgan fingerprint density at radius 1 is 1.37 bits per heavy atom. The lowest BCUT2D eigenvalue weighted by molar-refractivity contribution is -0.129. The van der Waals surface area contributed by atoms with E-state index in [1.165, 1.54) is 13.2 Å². The largest absolute Gasteiger partial charge is 0.496 e. The van der Waals surface area contributed by atoms with Gasteiger partial charge in [-0.1, -0.05) is 6.07 Å². The maximum atomic E-state index is 12.4. The van der Waals surface area contributed by atoms with Gasteiger partial charge in [0.1, 0.15) is 17.1 Å². The number of hydrogen-bond donors (Lipinski definition) is 2. The molecule has 0 aliphatic carbocycles. The Morgan fingerprint density at radius 3 is 2.85 bits per heavy atom. The molecule has 1 aliphatic heterocycles. The first kappa shape index (κ1) is 18.5. The van der Waals surface area contributed by atoms with Crippen LogP contribution in [0.3, 0.4) is 0 Å². The van der Waals surface area contributed by atoms with E-state index in [1.807, 2.05) is 0 Å². The molecule has 1 aromatic carbocycles. The maximum Gasteiger partial charge on any atom is 0.339 e. The zero-order valence-electron chi connectivity index (χ0n) is 14.8. The first-order valence-electron chi connectivity index (χ1n) is 8.46. The summed E-state index contributed by atoms with van der Waals surface area (Å²) in [4.78, 5) is 37.4. The highest BCUT2D eigenvalue weighted by Crippen LogP contribution is 2.22. The van der Waals surface area contributed by atoms with Gasteiger partial charge in [0.05, 0.1) is 25.8 Å². The third-order valence-corrected chi connectivity index (χ3v) is 4.47. The summed E-state index contributed by atoms with van der Waals surface area (Å²) in [5.74, 6) is -0.946. The van der Waals surface area contributed by atoms with Crippen LogP contribution in [0.2, 0.25) is 0 Å². The highest BCUT2D eigenvalue weighted by Gasteiger charge is 2.34. The van der Waals surface area contributed by atoms with Crippen molar-refractivity contribution in [1.82, 2.24) is 10.2 Å². The van der Waals surface area contributed by atoms with Crippen LogP contribution in [0.4, 0.5) is 0 Å². The van der Waals surface area contributed by atoms with E-state index >= 15 is 0 Å². The van der Waals surface area contributed by atoms with Crippen LogP contribution in [0.1, 0.15) is 28.1 Å². The molecule has 142 valence electrons. The third-order valence-electron chi connectivity index (χ3n) is 4.47. The van der Waals surface area contributed by atoms with Crippen molar-refractivity contribution in [3.63, 3.8) is 0 Å². The Morgan fingerprint density at radius 2 is 2.19 bits per heavy atom. The van der Waals surface area contributed by atoms with Gasteiger partial charge in [0.25, 0.3) is 0 Å². The number of nitrogens with one attached hydrogen (secondary N) is 1. The quantitative estimate of drug-likeness (QED) is 0.765. The number of aromatic carboxylic acids is 1. The maximum absolute atomic E-state index is 12.4. The number of carbonyl (C=O) groups is 3. The molecule has 0 saturated carbocycles. The Bertz CT molecular complexity index is 846. The molecule has 1 atom stereocenters. The van der Waals surface area contributed by atoms with Crippen LogP contribution in [0.25, 0.3) is 0 Å². The molecule has 2 N–H and O–H groups in total. The number of benzene rings is 1. The van der Waals surface area contributed by atoms with E-state index in [2.05, 4.69) is 5.32 Å². The van der Waals surface area contributed by atoms with Crippen molar-refractivity contribution in [2.75, 3.05) is 13.7 Å². The second kappa shape index (κ2) is 7.94. The third kappa shape index (κ3) is 4.28. The van der Waals surface area contributed by atoms with E-state index in [4.69, 9.17) is 9.15 Å². The number of hydrogen-bond acceptors (Lipinski definition) is 5. The van der Waals surface area contributed by atoms with Crippen molar-refractivity contribution in [2.24, 2.45) is 5.92 Å². The van der Waals surface area contributed by atoms with Crippen molar-refractivity contribution in [3.8, 4) is 5.75 Å². The number of nitrogens with zero attached hydrogens (tertiary/aromatic N) is 1. The fourth-order valence-corrected chi connectivity index (χ4v) is 3.06. The van der Waals surface area contributed by atoms with Gasteiger partial charge in [-0.3, -0.25) is 9.59 Å². The summed E-state index contributed by atoms with van der Waals surface area (Å²) < 4.78 is 10.3. The number of furan rings is 1. The molecular weight excluding hydrogens is 352 g/mol. The fraction of sp³-hybridized carbons (Fsp3) is 0.316. The van der Waals surface area contributed by atoms with E-state index in [-0.39, 0.29) is 36.1 Å². The summed E-state index contributed by atoms with van der Waals surface area (Å²) in [6, 6.07) is 8.23. The predicted molar refractivity (Wildman–Crippen MR) is 94.0 cm³/mol. The second-order valence-electron chi connectivity index (χ2n) is 6.31. The van der Waals surface area contributed by atoms with Crippen molar-refractivity contribution in [1.29, 1.82) is 0 Å². The minimum atomic E-state index is -1.10. The molecule has 1 aromatic heterocycles. The molecule has 0 radical (unpaired) electrons. The Labute approximate surface area is 155 Å². The van der Waals surface area contributed by atoms with Crippen LogP contribution in [-0.2, 0) is 22.7 Å². The van der Waals surface area contributed by atoms with E-state index in [0.29, 0.717) is 24.4 Å². The Hall–Kier alpha value is -3.29. The van der Waals surface area contributed by atoms with Gasteiger partial charge in [0.15, 0.2) is 0 Å². The molecule has 27 heavy (non-hydrogen) atoms. The van der Waals surface area contributed by atoms with E-state index in [1.54, 1.807) is 35.4 Å². The van der Waals surface area contributed by atoms with Crippen LogP contribution in [-0.4, -0.2) is 41.4 Å². The molecule has 1 fully saturated rings. The zero-order valence-corrected chi connectivity index (χ0v) is 14.8. The lowest BCUT2D eigenvalue weighted by Gasteiger charge is -2.15. The number of rotatable bonds is 7. The molecule has 8 heteroatoms. The molecule has 3 rings (SSSR count). The highest BCUT2D eigenvalue weighted by atomic mass is 16.5. The number of likely N-dealkylation sites (tertiary alicyclic amines) is 1. The van der Waals surface area contributed by atoms with Gasteiger partial charge in [0, 0.05) is 19.5 Å². The van der Waals surface area contributed by atoms with Crippen molar-refractivity contribution < 1.29 is 28.6 Å². The summed E-state index contributed by atoms with van der Waals surface area (Å²) in [6.07, 6.45) is 1.69. The number of carbonyl (C=O) groups excluding carboxylic acids is 2. The zero-order chi connectivity index (χ0) is 19.4. The number of ether oxygens (including phenoxy) is 1. The molecule has 2 aromatic rings. The lowest BCUT2D eigenvalue weighted by atomic mass is 10.1. The van der Waals surface area contributed by atoms with Gasteiger partial charge in [-0.15, -0.1) is 0 Å². The summed E-state index contributed by atoms with van der Waals surface area (Å²) in [6.45, 7) is 0.844. The van der Waals surface area contributed by atoms with Crippen LogP contribution >= 0.6 is 0 Å². The molecule has 1 aliphatic rings. The molecule has 0 spiro atoms. The smallest absolute Gasteiger partial charge is 0.339 e. The normalized spacial score (nSPS) is 16.4. The van der Waals surface area contributed by atoms with E-state index in [9.17, 15) is 19.5 Å². The molecule has 0 bridgehead atoms. The SMILES string of the molecule is COc1ccc(CNC(=O)[C@@H]2CC(=O)N(Cc3ccco3)C2)cc1C(=O)O. The summed E-state index contributed by atoms with van der Waals surface area (Å²) in [7, 11) is 1.40. The Kier molecular flexibility index (Phi) is 5.44. The van der Waals surface area contributed by atoms with Gasteiger partial charge in [-0.2, -0.15) is 0 Å². The van der Waals surface area contributed by atoms with Crippen molar-refractivity contribution in [3.05, 3.63) is 53.5 Å². The first-order valence-corrected chi connectivity index (χ1v) is 8.46. The fourth-order valence-electron chi connectivity index (χ4n) is 3.06. The topological polar surface area (TPSA) is 109 Å². The van der Waals surface area contributed by atoms with Crippen molar-refractivity contribution >= 4 is 17.8 Å². The minimum Gasteiger partial charge on any atom is -0.496 e. The van der Waals surface area contributed by atoms with Gasteiger partial charge >= 0.3 is 5.97 Å². The summed E-state index contributed by atoms with van der Waals surface area (Å²) in [5.41, 5.74) is 0.670. The average molecular weight is 372 g/mol. The average Bonchev–Trinajstić information content (AvgIpc) is 3.30. The van der Waals surface area contributed by atoms with Crippen molar-refractivity contribution in [2.45, 2.75) is 19.5 Å². The van der Waals surface area contributed by atoms with Gasteiger partial charge in [-0.05, 0) is 29.8 Å². The second-order valence-corrected chi connectivity index (χ2v) is 6.31. The van der Waals surface area contributed by atoms with Crippen LogP contribution in [0, 0.1) is 5.92 Å². The lowest BCUT2D eigenvalue weighted by Crippen LogP contribution is -2.32. The minimum absolute atomic E-state index is 0.0323. The summed E-state index contributed by atoms with van der Waals surface area (Å²) >= 11 is 0. The highest BCUT2D eigenvalue weighted by molar-refractivity contribution is 5.91. The number of methoxy groups -OCH3 is 1. The Balaban J connectivity index is 1.57. The molecule has 1 saturated heterocycles. The van der Waals surface area contributed by atoms with Gasteiger partial charge in [0.2, 0.25) is 11.8 Å².